The van der Waals surface area contributed by atoms with Crippen LogP contribution in [0.25, 0.3) is 0 Å². The van der Waals surface area contributed by atoms with Gasteiger partial charge in [0.2, 0.25) is 15.7 Å². The average Bonchev–Trinajstić information content (AvgIpc) is 3.05. The molecule has 2 amide bonds. The molecule has 206 valence electrons. The number of anilines is 1. The van der Waals surface area contributed by atoms with Crippen LogP contribution in [0.5, 0.6) is 0 Å². The molecule has 10 heteroatoms. The molecule has 0 aromatic heterocycles. The molecule has 2 aromatic carbocycles. The first-order valence-corrected chi connectivity index (χ1v) is 14.3. The second-order valence-electron chi connectivity index (χ2n) is 11.6. The molecule has 0 N–H and O–H groups in total. The molecule has 0 bridgehead atoms. The summed E-state index contributed by atoms with van der Waals surface area (Å²) >= 11 is 0. The van der Waals surface area contributed by atoms with Gasteiger partial charge in [-0.25, -0.2) is 17.6 Å². The zero-order chi connectivity index (χ0) is 28.0. The molecule has 0 radical (unpaired) electrons. The molecule has 2 aliphatic rings. The summed E-state index contributed by atoms with van der Waals surface area (Å²) in [5, 5.41) is -1.25. The van der Waals surface area contributed by atoms with Crippen molar-refractivity contribution in [2.24, 2.45) is 0 Å². The van der Waals surface area contributed by atoms with Crippen LogP contribution in [0.1, 0.15) is 47.1 Å². The summed E-state index contributed by atoms with van der Waals surface area (Å²) in [5.41, 5.74) is -0.812. The van der Waals surface area contributed by atoms with Crippen molar-refractivity contribution < 1.29 is 27.1 Å². The Labute approximate surface area is 224 Å². The molecule has 0 spiro atoms. The predicted molar refractivity (Wildman–Crippen MR) is 143 cm³/mol. The minimum atomic E-state index is -4.02. The number of carbonyl (C=O) groups excluding carboxylic acids is 2. The van der Waals surface area contributed by atoms with Gasteiger partial charge in [0, 0.05) is 36.8 Å². The van der Waals surface area contributed by atoms with Gasteiger partial charge in [-0.1, -0.05) is 32.0 Å². The Morgan fingerprint density at radius 2 is 1.74 bits per heavy atom. The third kappa shape index (κ3) is 5.29. The van der Waals surface area contributed by atoms with Gasteiger partial charge in [-0.05, 0) is 63.6 Å². The van der Waals surface area contributed by atoms with E-state index in [-0.39, 0.29) is 17.5 Å². The van der Waals surface area contributed by atoms with E-state index in [1.807, 2.05) is 32.6 Å². The Hall–Kier alpha value is -2.98. The monoisotopic (exact) mass is 545 g/mol. The maximum absolute atomic E-state index is 14.3. The van der Waals surface area contributed by atoms with E-state index in [1.54, 1.807) is 36.9 Å². The molecule has 38 heavy (non-hydrogen) atoms. The van der Waals surface area contributed by atoms with Crippen LogP contribution in [-0.4, -0.2) is 73.4 Å². The molecule has 0 aliphatic carbocycles. The number of benzene rings is 2. The zero-order valence-corrected chi connectivity index (χ0v) is 23.6. The number of halogens is 1. The number of hydrogen-bond donors (Lipinski definition) is 0. The molecule has 2 atom stereocenters. The first-order chi connectivity index (χ1) is 17.6. The van der Waals surface area contributed by atoms with E-state index in [0.29, 0.717) is 30.9 Å². The van der Waals surface area contributed by atoms with E-state index >= 15 is 0 Å². The van der Waals surface area contributed by atoms with E-state index in [2.05, 4.69) is 0 Å². The Balaban J connectivity index is 1.61. The van der Waals surface area contributed by atoms with Crippen molar-refractivity contribution in [1.29, 1.82) is 0 Å². The number of fused-ring (bicyclic) bond motifs is 1. The van der Waals surface area contributed by atoms with Gasteiger partial charge in [-0.15, -0.1) is 0 Å². The quantitative estimate of drug-likeness (QED) is 0.573. The van der Waals surface area contributed by atoms with Crippen molar-refractivity contribution >= 4 is 27.5 Å². The van der Waals surface area contributed by atoms with Gasteiger partial charge in [0.25, 0.3) is 0 Å². The van der Waals surface area contributed by atoms with Gasteiger partial charge in [-0.2, -0.15) is 0 Å². The lowest BCUT2D eigenvalue weighted by Gasteiger charge is -2.40. The largest absolute Gasteiger partial charge is 0.444 e. The van der Waals surface area contributed by atoms with Crippen LogP contribution in [0.4, 0.5) is 14.9 Å². The van der Waals surface area contributed by atoms with Crippen LogP contribution < -0.4 is 4.90 Å². The standard InChI is InChI=1S/C28H36FN3O5S/c1-19-17-30(14-15-31(19)26(34)37-27(2,3)4)18-24(33)32-23-13-12-20(29)16-22(23)28(5,6)25(32)38(35,36)21-10-8-7-9-11-21/h7-13,16,19,25H,14-15,17-18H2,1-6H3. The maximum Gasteiger partial charge on any atom is 0.410 e. The number of nitrogens with zero attached hydrogens (tertiary/aromatic N) is 3. The molecule has 1 saturated heterocycles. The fourth-order valence-electron chi connectivity index (χ4n) is 5.38. The summed E-state index contributed by atoms with van der Waals surface area (Å²) in [5.74, 6) is -0.889. The van der Waals surface area contributed by atoms with E-state index in [0.717, 1.165) is 0 Å². The number of sulfone groups is 1. The Kier molecular flexibility index (Phi) is 7.35. The molecular weight excluding hydrogens is 509 g/mol. The lowest BCUT2D eigenvalue weighted by molar-refractivity contribution is -0.120. The number of ether oxygens (including phenoxy) is 1. The van der Waals surface area contributed by atoms with E-state index < -0.39 is 44.0 Å². The SMILES string of the molecule is CC1CN(CC(=O)N2c3ccc(F)cc3C(C)(C)C2S(=O)(=O)c2ccccc2)CCN1C(=O)OC(C)(C)C. The molecule has 4 rings (SSSR count). The van der Waals surface area contributed by atoms with Crippen LogP contribution in [0.15, 0.2) is 53.4 Å². The normalized spacial score (nSPS) is 21.8. The van der Waals surface area contributed by atoms with Gasteiger partial charge in [-0.3, -0.25) is 14.6 Å². The molecule has 2 heterocycles. The fraction of sp³-hybridized carbons (Fsp3) is 0.500. The minimum Gasteiger partial charge on any atom is -0.444 e. The van der Waals surface area contributed by atoms with Crippen molar-refractivity contribution in [2.45, 2.75) is 68.9 Å². The number of rotatable bonds is 4. The number of hydrogen-bond acceptors (Lipinski definition) is 6. The number of carbonyl (C=O) groups is 2. The van der Waals surface area contributed by atoms with Crippen molar-refractivity contribution in [2.75, 3.05) is 31.1 Å². The summed E-state index contributed by atoms with van der Waals surface area (Å²) < 4.78 is 47.7. The lowest BCUT2D eigenvalue weighted by Crippen LogP contribution is -2.58. The highest BCUT2D eigenvalue weighted by Gasteiger charge is 2.54. The van der Waals surface area contributed by atoms with Crippen molar-refractivity contribution in [3.63, 3.8) is 0 Å². The summed E-state index contributed by atoms with van der Waals surface area (Å²) in [6.45, 7) is 12.0. The molecule has 0 saturated carbocycles. The van der Waals surface area contributed by atoms with Crippen LogP contribution in [0, 0.1) is 5.82 Å². The van der Waals surface area contributed by atoms with Gasteiger partial charge in [0.1, 0.15) is 11.4 Å². The van der Waals surface area contributed by atoms with Gasteiger partial charge in [0.15, 0.2) is 5.37 Å². The van der Waals surface area contributed by atoms with Crippen molar-refractivity contribution in [3.05, 3.63) is 59.9 Å². The van der Waals surface area contributed by atoms with E-state index in [1.165, 1.54) is 35.2 Å². The summed E-state index contributed by atoms with van der Waals surface area (Å²) in [6.07, 6.45) is -0.401. The Morgan fingerprint density at radius 1 is 1.08 bits per heavy atom. The van der Waals surface area contributed by atoms with E-state index in [4.69, 9.17) is 4.74 Å². The third-order valence-electron chi connectivity index (χ3n) is 7.10. The number of amides is 2. The van der Waals surface area contributed by atoms with E-state index in [9.17, 15) is 22.4 Å². The van der Waals surface area contributed by atoms with Crippen LogP contribution in [-0.2, 0) is 24.8 Å². The zero-order valence-electron chi connectivity index (χ0n) is 22.8. The average molecular weight is 546 g/mol. The summed E-state index contributed by atoms with van der Waals surface area (Å²) in [4.78, 5) is 31.4. The highest BCUT2D eigenvalue weighted by Crippen LogP contribution is 2.48. The highest BCUT2D eigenvalue weighted by molar-refractivity contribution is 7.92. The first kappa shape index (κ1) is 28.0. The first-order valence-electron chi connectivity index (χ1n) is 12.8. The van der Waals surface area contributed by atoms with Gasteiger partial charge < -0.3 is 9.64 Å². The van der Waals surface area contributed by atoms with Crippen LogP contribution in [0.2, 0.25) is 0 Å². The summed E-state index contributed by atoms with van der Waals surface area (Å²) in [6, 6.07) is 11.9. The molecule has 2 aromatic rings. The van der Waals surface area contributed by atoms with Crippen molar-refractivity contribution in [3.8, 4) is 0 Å². The molecule has 2 unspecified atom stereocenters. The second kappa shape index (κ2) is 9.96. The maximum atomic E-state index is 14.3. The predicted octanol–water partition coefficient (Wildman–Crippen LogP) is 4.19. The smallest absolute Gasteiger partial charge is 0.410 e. The van der Waals surface area contributed by atoms with Crippen LogP contribution >= 0.6 is 0 Å². The molecule has 1 fully saturated rings. The highest BCUT2D eigenvalue weighted by atomic mass is 32.2. The summed E-state index contributed by atoms with van der Waals surface area (Å²) in [7, 11) is -4.02. The second-order valence-corrected chi connectivity index (χ2v) is 13.6. The topological polar surface area (TPSA) is 87.2 Å². The third-order valence-corrected chi connectivity index (χ3v) is 9.41. The Morgan fingerprint density at radius 3 is 2.34 bits per heavy atom. The lowest BCUT2D eigenvalue weighted by atomic mass is 9.86. The minimum absolute atomic E-state index is 0.0415. The van der Waals surface area contributed by atoms with Crippen molar-refractivity contribution in [1.82, 2.24) is 9.80 Å². The Bertz CT molecular complexity index is 1320. The molecule has 8 nitrogen and oxygen atoms in total. The number of piperazine rings is 1. The van der Waals surface area contributed by atoms with Gasteiger partial charge >= 0.3 is 6.09 Å². The van der Waals surface area contributed by atoms with Gasteiger partial charge in [0.05, 0.1) is 11.4 Å². The fourth-order valence-corrected chi connectivity index (χ4v) is 7.59. The van der Waals surface area contributed by atoms with Crippen LogP contribution in [0.3, 0.4) is 0 Å². The molecular formula is C28H36FN3O5S. The molecule has 2 aliphatic heterocycles.